The van der Waals surface area contributed by atoms with Crippen molar-refractivity contribution < 1.29 is 0 Å². The minimum Gasteiger partial charge on any atom is -0.142 e. The monoisotopic (exact) mass is 302 g/mol. The first-order chi connectivity index (χ1) is 7.16. The molecular weight excluding hydrogens is 296 g/mol. The SMILES string of the molecule is CC(Cl)c1nnc(-c2cccc(Br)c2)s1. The zero-order chi connectivity index (χ0) is 10.8. The second kappa shape index (κ2) is 4.60. The summed E-state index contributed by atoms with van der Waals surface area (Å²) >= 11 is 10.9. The average molecular weight is 304 g/mol. The van der Waals surface area contributed by atoms with E-state index in [0.717, 1.165) is 20.1 Å². The second-order valence-corrected chi connectivity index (χ2v) is 5.65. The van der Waals surface area contributed by atoms with Crippen molar-refractivity contribution in [2.24, 2.45) is 0 Å². The summed E-state index contributed by atoms with van der Waals surface area (Å²) in [5.74, 6) is 0. The van der Waals surface area contributed by atoms with Crippen molar-refractivity contribution in [1.82, 2.24) is 10.2 Å². The van der Waals surface area contributed by atoms with E-state index < -0.39 is 0 Å². The number of hydrogen-bond donors (Lipinski definition) is 0. The van der Waals surface area contributed by atoms with Crippen molar-refractivity contribution in [3.05, 3.63) is 33.7 Å². The predicted octanol–water partition coefficient (Wildman–Crippen LogP) is 4.27. The van der Waals surface area contributed by atoms with Crippen LogP contribution < -0.4 is 0 Å². The maximum absolute atomic E-state index is 5.93. The maximum Gasteiger partial charge on any atom is 0.147 e. The van der Waals surface area contributed by atoms with E-state index in [0.29, 0.717) is 0 Å². The van der Waals surface area contributed by atoms with Gasteiger partial charge >= 0.3 is 0 Å². The van der Waals surface area contributed by atoms with Crippen LogP contribution in [0.2, 0.25) is 0 Å². The molecule has 1 heterocycles. The molecule has 0 saturated heterocycles. The van der Waals surface area contributed by atoms with Crippen LogP contribution in [0.5, 0.6) is 0 Å². The van der Waals surface area contributed by atoms with Gasteiger partial charge in [0.05, 0.1) is 5.38 Å². The highest BCUT2D eigenvalue weighted by Gasteiger charge is 2.10. The molecule has 2 nitrogen and oxygen atoms in total. The molecule has 0 saturated carbocycles. The predicted molar refractivity (Wildman–Crippen MR) is 67.3 cm³/mol. The smallest absolute Gasteiger partial charge is 0.142 e. The molecule has 0 fully saturated rings. The third-order valence-electron chi connectivity index (χ3n) is 1.85. The Morgan fingerprint density at radius 2 is 2.20 bits per heavy atom. The Bertz CT molecular complexity index is 470. The first kappa shape index (κ1) is 11.0. The van der Waals surface area contributed by atoms with E-state index in [1.807, 2.05) is 31.2 Å². The third kappa shape index (κ3) is 2.56. The lowest BCUT2D eigenvalue weighted by atomic mass is 10.2. The summed E-state index contributed by atoms with van der Waals surface area (Å²) in [5, 5.41) is 9.83. The number of hydrogen-bond acceptors (Lipinski definition) is 3. The van der Waals surface area contributed by atoms with Crippen LogP contribution in [-0.2, 0) is 0 Å². The Morgan fingerprint density at radius 1 is 1.40 bits per heavy atom. The molecule has 1 aromatic carbocycles. The van der Waals surface area contributed by atoms with Crippen LogP contribution in [0.4, 0.5) is 0 Å². The lowest BCUT2D eigenvalue weighted by Gasteiger charge is -1.95. The van der Waals surface area contributed by atoms with Crippen molar-refractivity contribution in [3.8, 4) is 10.6 Å². The first-order valence-corrected chi connectivity index (χ1v) is 6.45. The molecule has 0 aliphatic rings. The molecular formula is C10H8BrClN2S. The van der Waals surface area contributed by atoms with E-state index in [9.17, 15) is 0 Å². The van der Waals surface area contributed by atoms with E-state index >= 15 is 0 Å². The molecule has 2 rings (SSSR count). The molecule has 0 amide bonds. The summed E-state index contributed by atoms with van der Waals surface area (Å²) in [6.07, 6.45) is 0. The summed E-state index contributed by atoms with van der Waals surface area (Å²) in [6, 6.07) is 7.98. The number of aromatic nitrogens is 2. The molecule has 5 heteroatoms. The van der Waals surface area contributed by atoms with Gasteiger partial charge in [-0.05, 0) is 19.1 Å². The van der Waals surface area contributed by atoms with Gasteiger partial charge in [0.25, 0.3) is 0 Å². The fourth-order valence-electron chi connectivity index (χ4n) is 1.13. The van der Waals surface area contributed by atoms with Crippen molar-refractivity contribution >= 4 is 38.9 Å². The topological polar surface area (TPSA) is 25.8 Å². The van der Waals surface area contributed by atoms with Gasteiger partial charge in [-0.3, -0.25) is 0 Å². The van der Waals surface area contributed by atoms with Crippen molar-refractivity contribution in [2.75, 3.05) is 0 Å². The molecule has 0 radical (unpaired) electrons. The molecule has 1 unspecified atom stereocenters. The highest BCUT2D eigenvalue weighted by Crippen LogP contribution is 2.30. The lowest BCUT2D eigenvalue weighted by Crippen LogP contribution is -1.80. The molecule has 0 aliphatic heterocycles. The van der Waals surface area contributed by atoms with Crippen LogP contribution in [0.25, 0.3) is 10.6 Å². The van der Waals surface area contributed by atoms with E-state index in [4.69, 9.17) is 11.6 Å². The lowest BCUT2D eigenvalue weighted by molar-refractivity contribution is 0.962. The molecule has 0 N–H and O–H groups in total. The molecule has 1 aromatic heterocycles. The summed E-state index contributed by atoms with van der Waals surface area (Å²) in [5.41, 5.74) is 1.06. The Balaban J connectivity index is 2.37. The van der Waals surface area contributed by atoms with Crippen LogP contribution in [0.1, 0.15) is 17.3 Å². The van der Waals surface area contributed by atoms with Crippen molar-refractivity contribution in [1.29, 1.82) is 0 Å². The van der Waals surface area contributed by atoms with Gasteiger partial charge in [-0.25, -0.2) is 0 Å². The Labute approximate surface area is 105 Å². The zero-order valence-corrected chi connectivity index (χ0v) is 11.1. The van der Waals surface area contributed by atoms with Gasteiger partial charge in [0.15, 0.2) is 0 Å². The van der Waals surface area contributed by atoms with Crippen LogP contribution >= 0.6 is 38.9 Å². The Kier molecular flexibility index (Phi) is 3.38. The summed E-state index contributed by atoms with van der Waals surface area (Å²) in [7, 11) is 0. The molecule has 2 aromatic rings. The van der Waals surface area contributed by atoms with Gasteiger partial charge in [-0.1, -0.05) is 39.4 Å². The minimum absolute atomic E-state index is 0.0802. The minimum atomic E-state index is -0.0802. The van der Waals surface area contributed by atoms with E-state index in [1.165, 1.54) is 11.3 Å². The molecule has 0 aliphatic carbocycles. The van der Waals surface area contributed by atoms with Crippen LogP contribution in [0, 0.1) is 0 Å². The van der Waals surface area contributed by atoms with Gasteiger partial charge in [0.2, 0.25) is 0 Å². The average Bonchev–Trinajstić information content (AvgIpc) is 2.66. The standard InChI is InChI=1S/C10H8BrClN2S/c1-6(12)9-13-14-10(15-9)7-3-2-4-8(11)5-7/h2-6H,1H3. The molecule has 1 atom stereocenters. The quantitative estimate of drug-likeness (QED) is 0.774. The number of rotatable bonds is 2. The summed E-state index contributed by atoms with van der Waals surface area (Å²) in [4.78, 5) is 0. The molecule has 0 bridgehead atoms. The summed E-state index contributed by atoms with van der Waals surface area (Å²) in [6.45, 7) is 1.90. The zero-order valence-electron chi connectivity index (χ0n) is 7.95. The normalized spacial score (nSPS) is 12.7. The van der Waals surface area contributed by atoms with Gasteiger partial charge in [-0.2, -0.15) is 0 Å². The van der Waals surface area contributed by atoms with E-state index in [1.54, 1.807) is 0 Å². The van der Waals surface area contributed by atoms with Crippen molar-refractivity contribution in [2.45, 2.75) is 12.3 Å². The number of nitrogens with zero attached hydrogens (tertiary/aromatic N) is 2. The number of benzene rings is 1. The van der Waals surface area contributed by atoms with Crippen molar-refractivity contribution in [3.63, 3.8) is 0 Å². The second-order valence-electron chi connectivity index (χ2n) is 3.07. The largest absolute Gasteiger partial charge is 0.147 e. The van der Waals surface area contributed by atoms with Gasteiger partial charge in [0, 0.05) is 10.0 Å². The third-order valence-corrected chi connectivity index (χ3v) is 3.84. The first-order valence-electron chi connectivity index (χ1n) is 4.40. The van der Waals surface area contributed by atoms with Crippen LogP contribution in [-0.4, -0.2) is 10.2 Å². The molecule has 15 heavy (non-hydrogen) atoms. The maximum atomic E-state index is 5.93. The molecule has 78 valence electrons. The molecule has 0 spiro atoms. The van der Waals surface area contributed by atoms with E-state index in [-0.39, 0.29) is 5.38 Å². The number of alkyl halides is 1. The Morgan fingerprint density at radius 3 is 2.80 bits per heavy atom. The fraction of sp³-hybridized carbons (Fsp3) is 0.200. The van der Waals surface area contributed by atoms with Gasteiger partial charge < -0.3 is 0 Å². The van der Waals surface area contributed by atoms with E-state index in [2.05, 4.69) is 26.1 Å². The Hall–Kier alpha value is -0.450. The van der Waals surface area contributed by atoms with Gasteiger partial charge in [-0.15, -0.1) is 21.8 Å². The van der Waals surface area contributed by atoms with Gasteiger partial charge in [0.1, 0.15) is 10.0 Å². The van der Waals surface area contributed by atoms with Crippen LogP contribution in [0.15, 0.2) is 28.7 Å². The van der Waals surface area contributed by atoms with Crippen LogP contribution in [0.3, 0.4) is 0 Å². The highest BCUT2D eigenvalue weighted by molar-refractivity contribution is 9.10. The fourth-order valence-corrected chi connectivity index (χ4v) is 2.48. The number of halogens is 2. The summed E-state index contributed by atoms with van der Waals surface area (Å²) < 4.78 is 1.04. The highest BCUT2D eigenvalue weighted by atomic mass is 79.9.